The van der Waals surface area contributed by atoms with Gasteiger partial charge in [0, 0.05) is 0 Å². The lowest BCUT2D eigenvalue weighted by Gasteiger charge is -2.20. The van der Waals surface area contributed by atoms with E-state index in [0.29, 0.717) is 11.5 Å². The van der Waals surface area contributed by atoms with E-state index in [4.69, 9.17) is 4.74 Å². The van der Waals surface area contributed by atoms with E-state index in [1.807, 2.05) is 48.5 Å². The summed E-state index contributed by atoms with van der Waals surface area (Å²) in [5.74, 6) is 1.84. The van der Waals surface area contributed by atoms with Crippen molar-refractivity contribution in [2.75, 3.05) is 0 Å². The van der Waals surface area contributed by atoms with Gasteiger partial charge in [-0.3, -0.25) is 0 Å². The molecule has 2 aromatic carbocycles. The van der Waals surface area contributed by atoms with Gasteiger partial charge in [-0.15, -0.1) is 0 Å². The van der Waals surface area contributed by atoms with Crippen LogP contribution in [0.2, 0.25) is 0 Å². The van der Waals surface area contributed by atoms with Gasteiger partial charge in [0.25, 0.3) is 0 Å². The molecule has 0 heterocycles. The highest BCUT2D eigenvalue weighted by Crippen LogP contribution is 2.32. The Hall–Kier alpha value is -1.84. The van der Waals surface area contributed by atoms with Crippen molar-refractivity contribution < 1.29 is 14.9 Å². The van der Waals surface area contributed by atoms with Crippen molar-refractivity contribution in [3.8, 4) is 11.5 Å². The van der Waals surface area contributed by atoms with Crippen LogP contribution in [0, 0.1) is 11.8 Å². The van der Waals surface area contributed by atoms with Crippen LogP contribution in [0.1, 0.15) is 89.6 Å². The Labute approximate surface area is 176 Å². The van der Waals surface area contributed by atoms with Crippen molar-refractivity contribution in [3.05, 3.63) is 59.7 Å². The molecular formula is C26H38O3. The summed E-state index contributed by atoms with van der Waals surface area (Å²) >= 11 is 0. The molecule has 0 spiro atoms. The number of aliphatic hydroxyl groups is 2. The Morgan fingerprint density at radius 3 is 1.52 bits per heavy atom. The largest absolute Gasteiger partial charge is 0.457 e. The zero-order chi connectivity index (χ0) is 21.2. The van der Waals surface area contributed by atoms with Gasteiger partial charge in [0.1, 0.15) is 11.5 Å². The molecule has 0 saturated heterocycles. The number of aliphatic hydroxyl groups excluding tert-OH is 2. The van der Waals surface area contributed by atoms with E-state index in [1.165, 1.54) is 0 Å². The summed E-state index contributed by atoms with van der Waals surface area (Å²) in [6, 6.07) is 15.4. The Morgan fingerprint density at radius 2 is 1.14 bits per heavy atom. The van der Waals surface area contributed by atoms with Crippen molar-refractivity contribution >= 4 is 0 Å². The maximum absolute atomic E-state index is 10.7. The second-order valence-electron chi connectivity index (χ2n) is 8.38. The van der Waals surface area contributed by atoms with Crippen LogP contribution < -0.4 is 4.74 Å². The molecular weight excluding hydrogens is 360 g/mol. The van der Waals surface area contributed by atoms with E-state index in [0.717, 1.165) is 49.7 Å². The average Bonchev–Trinajstić information content (AvgIpc) is 2.75. The summed E-state index contributed by atoms with van der Waals surface area (Å²) in [6.07, 6.45) is 5.58. The van der Waals surface area contributed by atoms with E-state index in [-0.39, 0.29) is 11.8 Å². The normalized spacial score (nSPS) is 15.5. The molecule has 160 valence electrons. The van der Waals surface area contributed by atoms with Gasteiger partial charge in [-0.25, -0.2) is 0 Å². The second kappa shape index (κ2) is 12.0. The van der Waals surface area contributed by atoms with Crippen molar-refractivity contribution in [3.63, 3.8) is 0 Å². The summed E-state index contributed by atoms with van der Waals surface area (Å²) in [5, 5.41) is 21.3. The number of rotatable bonds is 12. The minimum Gasteiger partial charge on any atom is -0.457 e. The summed E-state index contributed by atoms with van der Waals surface area (Å²) in [5.41, 5.74) is 1.77. The molecule has 0 aliphatic carbocycles. The molecule has 0 bridgehead atoms. The highest BCUT2D eigenvalue weighted by Gasteiger charge is 2.18. The van der Waals surface area contributed by atoms with Gasteiger partial charge in [-0.1, -0.05) is 77.6 Å². The van der Waals surface area contributed by atoms with E-state index in [9.17, 15) is 10.2 Å². The first kappa shape index (κ1) is 23.4. The van der Waals surface area contributed by atoms with E-state index in [1.54, 1.807) is 0 Å². The second-order valence-corrected chi connectivity index (χ2v) is 8.38. The fourth-order valence-electron chi connectivity index (χ4n) is 3.69. The first-order valence-electron chi connectivity index (χ1n) is 11.2. The van der Waals surface area contributed by atoms with Gasteiger partial charge >= 0.3 is 0 Å². The van der Waals surface area contributed by atoms with Gasteiger partial charge in [0.15, 0.2) is 0 Å². The zero-order valence-corrected chi connectivity index (χ0v) is 18.5. The van der Waals surface area contributed by atoms with Gasteiger partial charge in [-0.2, -0.15) is 0 Å². The highest BCUT2D eigenvalue weighted by atomic mass is 16.5. The smallest absolute Gasteiger partial charge is 0.127 e. The predicted molar refractivity (Wildman–Crippen MR) is 120 cm³/mol. The lowest BCUT2D eigenvalue weighted by atomic mass is 9.92. The van der Waals surface area contributed by atoms with Gasteiger partial charge in [-0.05, 0) is 60.1 Å². The molecule has 0 radical (unpaired) electrons. The Morgan fingerprint density at radius 1 is 0.724 bits per heavy atom. The summed E-state index contributed by atoms with van der Waals surface area (Å²) in [7, 11) is 0. The van der Waals surface area contributed by atoms with E-state index >= 15 is 0 Å². The van der Waals surface area contributed by atoms with Crippen molar-refractivity contribution in [2.24, 2.45) is 11.8 Å². The fourth-order valence-corrected chi connectivity index (χ4v) is 3.69. The Kier molecular flexibility index (Phi) is 9.69. The van der Waals surface area contributed by atoms with Crippen LogP contribution in [0.4, 0.5) is 0 Å². The quantitative estimate of drug-likeness (QED) is 0.397. The number of benzene rings is 2. The fraction of sp³-hybridized carbons (Fsp3) is 0.538. The van der Waals surface area contributed by atoms with Gasteiger partial charge in [0.05, 0.1) is 12.2 Å². The number of hydrogen-bond acceptors (Lipinski definition) is 3. The molecule has 2 aromatic rings. The standard InChI is InChI=1S/C26H38O3/c1-5-7-11-19(3)25(27)21-13-9-15-23(17-21)29-24-16-10-14-22(18-24)26(28)20(4)12-8-6-2/h9-10,13-20,25-28H,5-8,11-12H2,1-4H3. The minimum atomic E-state index is -0.488. The third kappa shape index (κ3) is 7.17. The monoisotopic (exact) mass is 398 g/mol. The maximum atomic E-state index is 10.7. The molecule has 4 unspecified atom stereocenters. The SMILES string of the molecule is CCCCC(C)C(O)c1cccc(Oc2cccc(C(O)C(C)CCCC)c2)c1. The minimum absolute atomic E-state index is 0.216. The van der Waals surface area contributed by atoms with Gasteiger partial charge in [0.2, 0.25) is 0 Å². The van der Waals surface area contributed by atoms with Crippen LogP contribution in [-0.2, 0) is 0 Å². The van der Waals surface area contributed by atoms with Crippen molar-refractivity contribution in [1.82, 2.24) is 0 Å². The van der Waals surface area contributed by atoms with Crippen molar-refractivity contribution in [2.45, 2.75) is 78.4 Å². The molecule has 3 heteroatoms. The number of ether oxygens (including phenoxy) is 1. The first-order valence-corrected chi connectivity index (χ1v) is 11.2. The zero-order valence-electron chi connectivity index (χ0n) is 18.5. The van der Waals surface area contributed by atoms with E-state index in [2.05, 4.69) is 27.7 Å². The third-order valence-corrected chi connectivity index (χ3v) is 5.74. The van der Waals surface area contributed by atoms with Crippen LogP contribution in [0.3, 0.4) is 0 Å². The topological polar surface area (TPSA) is 49.7 Å². The molecule has 0 aliphatic heterocycles. The molecule has 29 heavy (non-hydrogen) atoms. The average molecular weight is 399 g/mol. The van der Waals surface area contributed by atoms with Crippen LogP contribution in [0.5, 0.6) is 11.5 Å². The maximum Gasteiger partial charge on any atom is 0.127 e. The molecule has 0 saturated carbocycles. The van der Waals surface area contributed by atoms with Crippen LogP contribution in [-0.4, -0.2) is 10.2 Å². The number of hydrogen-bond donors (Lipinski definition) is 2. The molecule has 4 atom stereocenters. The molecule has 0 aliphatic rings. The highest BCUT2D eigenvalue weighted by molar-refractivity contribution is 5.37. The molecule has 0 amide bonds. The first-order chi connectivity index (χ1) is 14.0. The van der Waals surface area contributed by atoms with Gasteiger partial charge < -0.3 is 14.9 Å². The van der Waals surface area contributed by atoms with Crippen LogP contribution in [0.25, 0.3) is 0 Å². The van der Waals surface area contributed by atoms with Crippen LogP contribution in [0.15, 0.2) is 48.5 Å². The molecule has 3 nitrogen and oxygen atoms in total. The summed E-state index contributed by atoms with van der Waals surface area (Å²) in [4.78, 5) is 0. The summed E-state index contributed by atoms with van der Waals surface area (Å²) in [6.45, 7) is 8.53. The predicted octanol–water partition coefficient (Wildman–Crippen LogP) is 7.20. The summed E-state index contributed by atoms with van der Waals surface area (Å²) < 4.78 is 6.06. The van der Waals surface area contributed by atoms with E-state index < -0.39 is 12.2 Å². The Bertz CT molecular complexity index is 666. The van der Waals surface area contributed by atoms with Crippen LogP contribution >= 0.6 is 0 Å². The Balaban J connectivity index is 2.08. The lowest BCUT2D eigenvalue weighted by Crippen LogP contribution is -2.09. The van der Waals surface area contributed by atoms with Crippen molar-refractivity contribution in [1.29, 1.82) is 0 Å². The molecule has 2 rings (SSSR count). The molecule has 0 fully saturated rings. The molecule has 2 N–H and O–H groups in total. The third-order valence-electron chi connectivity index (χ3n) is 5.74. The number of unbranched alkanes of at least 4 members (excludes halogenated alkanes) is 2. The molecule has 0 aromatic heterocycles. The lowest BCUT2D eigenvalue weighted by molar-refractivity contribution is 0.111.